The van der Waals surface area contributed by atoms with Crippen LogP contribution >= 0.6 is 0 Å². The van der Waals surface area contributed by atoms with E-state index in [1.54, 1.807) is 4.80 Å². The van der Waals surface area contributed by atoms with E-state index in [1.807, 2.05) is 36.5 Å². The molecule has 5 nitrogen and oxygen atoms in total. The third kappa shape index (κ3) is 3.14. The van der Waals surface area contributed by atoms with Crippen molar-refractivity contribution in [3.8, 4) is 5.69 Å². The van der Waals surface area contributed by atoms with Gasteiger partial charge in [-0.05, 0) is 31.9 Å². The predicted molar refractivity (Wildman–Crippen MR) is 83.1 cm³/mol. The van der Waals surface area contributed by atoms with Gasteiger partial charge in [0.1, 0.15) is 0 Å². The minimum absolute atomic E-state index is 0.468. The van der Waals surface area contributed by atoms with Gasteiger partial charge in [0, 0.05) is 25.2 Å². The average Bonchev–Trinajstić information content (AvgIpc) is 2.99. The van der Waals surface area contributed by atoms with Crippen molar-refractivity contribution in [2.24, 2.45) is 5.73 Å². The van der Waals surface area contributed by atoms with Gasteiger partial charge in [0.15, 0.2) is 0 Å². The lowest BCUT2D eigenvalue weighted by Crippen LogP contribution is -2.48. The van der Waals surface area contributed by atoms with E-state index in [2.05, 4.69) is 22.0 Å². The Morgan fingerprint density at radius 1 is 1.24 bits per heavy atom. The monoisotopic (exact) mass is 285 g/mol. The Balaban J connectivity index is 1.74. The molecule has 1 aromatic carbocycles. The summed E-state index contributed by atoms with van der Waals surface area (Å²) >= 11 is 0. The Morgan fingerprint density at radius 2 is 2.05 bits per heavy atom. The van der Waals surface area contributed by atoms with Gasteiger partial charge in [-0.15, -0.1) is 0 Å². The van der Waals surface area contributed by atoms with Gasteiger partial charge in [0.25, 0.3) is 0 Å². The minimum Gasteiger partial charge on any atom is -0.329 e. The Bertz CT molecular complexity index is 565. The second kappa shape index (κ2) is 6.37. The van der Waals surface area contributed by atoms with Gasteiger partial charge >= 0.3 is 0 Å². The molecule has 5 heteroatoms. The van der Waals surface area contributed by atoms with E-state index < -0.39 is 0 Å². The van der Waals surface area contributed by atoms with Crippen molar-refractivity contribution >= 4 is 0 Å². The molecule has 0 radical (unpaired) electrons. The van der Waals surface area contributed by atoms with E-state index in [0.29, 0.717) is 12.1 Å². The average molecular weight is 285 g/mol. The van der Waals surface area contributed by atoms with Crippen LogP contribution in [0.5, 0.6) is 0 Å². The molecule has 1 aliphatic rings. The van der Waals surface area contributed by atoms with Crippen LogP contribution in [-0.4, -0.2) is 38.5 Å². The van der Waals surface area contributed by atoms with Crippen LogP contribution in [0.2, 0.25) is 0 Å². The highest BCUT2D eigenvalue weighted by atomic mass is 15.5. The number of hydrogen-bond donors (Lipinski definition) is 1. The summed E-state index contributed by atoms with van der Waals surface area (Å²) in [6.07, 6.45) is 5.56. The first kappa shape index (κ1) is 14.2. The first-order valence-electron chi connectivity index (χ1n) is 7.70. The maximum absolute atomic E-state index is 5.92. The normalized spacial score (nSPS) is 23.3. The van der Waals surface area contributed by atoms with Crippen LogP contribution in [0.3, 0.4) is 0 Å². The summed E-state index contributed by atoms with van der Waals surface area (Å²) in [4.78, 5) is 4.17. The fourth-order valence-electron chi connectivity index (χ4n) is 3.12. The maximum atomic E-state index is 5.92. The molecular weight excluding hydrogens is 262 g/mol. The molecule has 0 saturated carbocycles. The van der Waals surface area contributed by atoms with Crippen LogP contribution in [-0.2, 0) is 6.54 Å². The zero-order valence-electron chi connectivity index (χ0n) is 12.5. The lowest BCUT2D eigenvalue weighted by atomic mass is 9.96. The molecular formula is C16H23N5. The number of hydrogen-bond acceptors (Lipinski definition) is 4. The molecule has 1 saturated heterocycles. The van der Waals surface area contributed by atoms with E-state index in [1.165, 1.54) is 19.3 Å². The van der Waals surface area contributed by atoms with Gasteiger partial charge in [0.05, 0.1) is 17.6 Å². The molecule has 0 spiro atoms. The smallest absolute Gasteiger partial charge is 0.0972 e. The van der Waals surface area contributed by atoms with Crippen molar-refractivity contribution in [2.45, 2.75) is 44.8 Å². The molecule has 21 heavy (non-hydrogen) atoms. The van der Waals surface area contributed by atoms with E-state index >= 15 is 0 Å². The molecule has 112 valence electrons. The van der Waals surface area contributed by atoms with Crippen molar-refractivity contribution in [2.75, 3.05) is 6.54 Å². The lowest BCUT2D eigenvalue weighted by Gasteiger charge is -2.39. The molecule has 2 atom stereocenters. The molecule has 0 aliphatic carbocycles. The maximum Gasteiger partial charge on any atom is 0.0972 e. The van der Waals surface area contributed by atoms with Gasteiger partial charge in [-0.3, -0.25) is 4.90 Å². The molecule has 3 rings (SSSR count). The molecule has 0 amide bonds. The first-order chi connectivity index (χ1) is 10.3. The van der Waals surface area contributed by atoms with Gasteiger partial charge < -0.3 is 5.73 Å². The number of aromatic nitrogens is 3. The number of rotatable bonds is 4. The van der Waals surface area contributed by atoms with Crippen LogP contribution in [0, 0.1) is 0 Å². The highest BCUT2D eigenvalue weighted by Gasteiger charge is 2.27. The quantitative estimate of drug-likeness (QED) is 0.933. The van der Waals surface area contributed by atoms with E-state index in [4.69, 9.17) is 5.73 Å². The summed E-state index contributed by atoms with van der Waals surface area (Å²) < 4.78 is 0. The summed E-state index contributed by atoms with van der Waals surface area (Å²) in [5.41, 5.74) is 7.92. The third-order valence-corrected chi connectivity index (χ3v) is 4.34. The van der Waals surface area contributed by atoms with Crippen LogP contribution in [0.4, 0.5) is 0 Å². The molecule has 2 N–H and O–H groups in total. The Morgan fingerprint density at radius 3 is 2.81 bits per heavy atom. The molecule has 1 fully saturated rings. The summed E-state index contributed by atoms with van der Waals surface area (Å²) in [5.74, 6) is 0. The largest absolute Gasteiger partial charge is 0.329 e. The van der Waals surface area contributed by atoms with Crippen molar-refractivity contribution < 1.29 is 0 Å². The Kier molecular flexibility index (Phi) is 4.31. The molecule has 1 aromatic heterocycles. The van der Waals surface area contributed by atoms with Crippen LogP contribution < -0.4 is 5.73 Å². The highest BCUT2D eigenvalue weighted by molar-refractivity contribution is 5.28. The van der Waals surface area contributed by atoms with Crippen LogP contribution in [0.1, 0.15) is 31.9 Å². The number of likely N-dealkylation sites (tertiary alicyclic amines) is 1. The fourth-order valence-corrected chi connectivity index (χ4v) is 3.12. The second-order valence-electron chi connectivity index (χ2n) is 5.80. The summed E-state index contributed by atoms with van der Waals surface area (Å²) in [5, 5.41) is 8.98. The third-order valence-electron chi connectivity index (χ3n) is 4.34. The van der Waals surface area contributed by atoms with Gasteiger partial charge in [0.2, 0.25) is 0 Å². The van der Waals surface area contributed by atoms with E-state index in [9.17, 15) is 0 Å². The zero-order valence-corrected chi connectivity index (χ0v) is 12.5. The van der Waals surface area contributed by atoms with Crippen molar-refractivity contribution in [1.82, 2.24) is 19.9 Å². The molecule has 1 aliphatic heterocycles. The van der Waals surface area contributed by atoms with Crippen molar-refractivity contribution in [3.05, 3.63) is 42.2 Å². The molecule has 2 unspecified atom stereocenters. The topological polar surface area (TPSA) is 60.0 Å². The van der Waals surface area contributed by atoms with Crippen LogP contribution in [0.25, 0.3) is 5.69 Å². The van der Waals surface area contributed by atoms with E-state index in [-0.39, 0.29) is 0 Å². The highest BCUT2D eigenvalue weighted by Crippen LogP contribution is 2.23. The standard InChI is InChI=1S/C16H23N5/c1-13-6-5-9-16(10-17)20(13)12-14-11-18-21(19-14)15-7-3-2-4-8-15/h2-4,7-8,11,13,16H,5-6,9-10,12,17H2,1H3. The summed E-state index contributed by atoms with van der Waals surface area (Å²) in [6.45, 7) is 3.83. The van der Waals surface area contributed by atoms with Crippen molar-refractivity contribution in [3.63, 3.8) is 0 Å². The molecule has 2 aromatic rings. The summed E-state index contributed by atoms with van der Waals surface area (Å²) in [6, 6.07) is 11.0. The number of nitrogens with zero attached hydrogens (tertiary/aromatic N) is 4. The Hall–Kier alpha value is -1.72. The first-order valence-corrected chi connectivity index (χ1v) is 7.70. The SMILES string of the molecule is CC1CCCC(CN)N1Cc1cnn(-c2ccccc2)n1. The Labute approximate surface area is 125 Å². The lowest BCUT2D eigenvalue weighted by molar-refractivity contribution is 0.0877. The predicted octanol–water partition coefficient (Wildman–Crippen LogP) is 1.97. The van der Waals surface area contributed by atoms with E-state index in [0.717, 1.165) is 24.5 Å². The van der Waals surface area contributed by atoms with Crippen molar-refractivity contribution in [1.29, 1.82) is 0 Å². The van der Waals surface area contributed by atoms with Crippen LogP contribution in [0.15, 0.2) is 36.5 Å². The fraction of sp³-hybridized carbons (Fsp3) is 0.500. The van der Waals surface area contributed by atoms with Gasteiger partial charge in [-0.1, -0.05) is 24.6 Å². The molecule has 0 bridgehead atoms. The number of piperidine rings is 1. The minimum atomic E-state index is 0.468. The summed E-state index contributed by atoms with van der Waals surface area (Å²) in [7, 11) is 0. The van der Waals surface area contributed by atoms with Gasteiger partial charge in [-0.2, -0.15) is 15.0 Å². The van der Waals surface area contributed by atoms with Gasteiger partial charge in [-0.25, -0.2) is 0 Å². The second-order valence-corrected chi connectivity index (χ2v) is 5.80. The molecule has 2 heterocycles. The number of benzene rings is 1. The number of para-hydroxylation sites is 1. The number of nitrogens with two attached hydrogens (primary N) is 1. The zero-order chi connectivity index (χ0) is 14.7.